The van der Waals surface area contributed by atoms with Crippen LogP contribution >= 0.6 is 0 Å². The predicted molar refractivity (Wildman–Crippen MR) is 35.7 cm³/mol. The summed E-state index contributed by atoms with van der Waals surface area (Å²) >= 11 is 0. The SMILES string of the molecule is O=[N+]([O-])C=C1CCCC[NH2+]1. The Morgan fingerprint density at radius 2 is 2.40 bits per heavy atom. The van der Waals surface area contributed by atoms with E-state index in [9.17, 15) is 10.1 Å². The first-order valence-electron chi connectivity index (χ1n) is 3.46. The highest BCUT2D eigenvalue weighted by Gasteiger charge is 2.11. The van der Waals surface area contributed by atoms with Crippen LogP contribution in [0.25, 0.3) is 0 Å². The molecule has 1 fully saturated rings. The minimum Gasteiger partial charge on any atom is -0.312 e. The van der Waals surface area contributed by atoms with Crippen LogP contribution < -0.4 is 5.32 Å². The molecule has 0 saturated carbocycles. The van der Waals surface area contributed by atoms with Crippen molar-refractivity contribution in [2.45, 2.75) is 19.3 Å². The lowest BCUT2D eigenvalue weighted by Gasteiger charge is -2.07. The van der Waals surface area contributed by atoms with Gasteiger partial charge >= 0.3 is 0 Å². The minimum absolute atomic E-state index is 0.378. The van der Waals surface area contributed by atoms with E-state index in [4.69, 9.17) is 0 Å². The fourth-order valence-corrected chi connectivity index (χ4v) is 1.12. The number of nitrogens with two attached hydrogens (primary N) is 1. The number of nitrogens with zero attached hydrogens (tertiary/aromatic N) is 1. The minimum atomic E-state index is -0.378. The average molecular weight is 143 g/mol. The highest BCUT2D eigenvalue weighted by Crippen LogP contribution is 2.03. The molecular formula is C6H11N2O2+. The van der Waals surface area contributed by atoms with E-state index in [1.807, 2.05) is 5.32 Å². The largest absolute Gasteiger partial charge is 0.312 e. The molecule has 0 unspecified atom stereocenters. The molecule has 1 saturated heterocycles. The van der Waals surface area contributed by atoms with Crippen molar-refractivity contribution in [2.24, 2.45) is 0 Å². The molecule has 0 aromatic rings. The van der Waals surface area contributed by atoms with Crippen LogP contribution in [0.5, 0.6) is 0 Å². The Morgan fingerprint density at radius 1 is 1.60 bits per heavy atom. The molecule has 56 valence electrons. The second-order valence-electron chi connectivity index (χ2n) is 2.44. The molecule has 0 bridgehead atoms. The van der Waals surface area contributed by atoms with Crippen LogP contribution in [-0.4, -0.2) is 11.5 Å². The van der Waals surface area contributed by atoms with Crippen molar-refractivity contribution >= 4 is 0 Å². The molecule has 4 heteroatoms. The molecule has 1 heterocycles. The number of rotatable bonds is 1. The standard InChI is InChI=1S/C6H10N2O2/c9-8(10)5-6-3-1-2-4-7-6/h5,7H,1-4H2/p+1. The van der Waals surface area contributed by atoms with Crippen molar-refractivity contribution in [2.75, 3.05) is 6.54 Å². The van der Waals surface area contributed by atoms with Gasteiger partial charge in [-0.3, -0.25) is 10.1 Å². The van der Waals surface area contributed by atoms with E-state index in [0.29, 0.717) is 0 Å². The highest BCUT2D eigenvalue weighted by molar-refractivity contribution is 4.84. The summed E-state index contributed by atoms with van der Waals surface area (Å²) < 4.78 is 0. The Balaban J connectivity index is 2.45. The fourth-order valence-electron chi connectivity index (χ4n) is 1.12. The average Bonchev–Trinajstić information content (AvgIpc) is 1.88. The van der Waals surface area contributed by atoms with Crippen LogP contribution in [0.1, 0.15) is 19.3 Å². The molecule has 0 aromatic heterocycles. The number of hydrogen-bond donors (Lipinski definition) is 1. The van der Waals surface area contributed by atoms with Gasteiger partial charge in [0.2, 0.25) is 0 Å². The maximum atomic E-state index is 9.98. The molecule has 10 heavy (non-hydrogen) atoms. The van der Waals surface area contributed by atoms with Crippen LogP contribution in [0.15, 0.2) is 11.9 Å². The van der Waals surface area contributed by atoms with E-state index in [-0.39, 0.29) is 4.92 Å². The summed E-state index contributed by atoms with van der Waals surface area (Å²) in [5, 5.41) is 11.9. The number of nitro groups is 1. The molecule has 0 spiro atoms. The number of hydrogen-bond acceptors (Lipinski definition) is 2. The molecule has 0 aromatic carbocycles. The summed E-state index contributed by atoms with van der Waals surface area (Å²) in [4.78, 5) is 9.60. The van der Waals surface area contributed by atoms with Gasteiger partial charge in [-0.1, -0.05) is 0 Å². The summed E-state index contributed by atoms with van der Waals surface area (Å²) in [7, 11) is 0. The monoisotopic (exact) mass is 143 g/mol. The lowest BCUT2D eigenvalue weighted by Crippen LogP contribution is -2.83. The van der Waals surface area contributed by atoms with Gasteiger partial charge in [-0.2, -0.15) is 0 Å². The summed E-state index contributed by atoms with van der Waals surface area (Å²) in [6.07, 6.45) is 4.26. The molecule has 4 nitrogen and oxygen atoms in total. The van der Waals surface area contributed by atoms with Crippen LogP contribution in [-0.2, 0) is 0 Å². The second-order valence-corrected chi connectivity index (χ2v) is 2.44. The zero-order chi connectivity index (χ0) is 7.40. The fraction of sp³-hybridized carbons (Fsp3) is 0.667. The van der Waals surface area contributed by atoms with Crippen LogP contribution in [0.2, 0.25) is 0 Å². The van der Waals surface area contributed by atoms with Crippen molar-refractivity contribution in [3.05, 3.63) is 22.0 Å². The van der Waals surface area contributed by atoms with Gasteiger partial charge in [0.25, 0.3) is 6.20 Å². The van der Waals surface area contributed by atoms with Gasteiger partial charge in [-0.05, 0) is 12.8 Å². The maximum absolute atomic E-state index is 9.98. The van der Waals surface area contributed by atoms with Crippen molar-refractivity contribution < 1.29 is 10.2 Å². The Morgan fingerprint density at radius 3 is 2.90 bits per heavy atom. The summed E-state index contributed by atoms with van der Waals surface area (Å²) in [5.41, 5.74) is 0.885. The van der Waals surface area contributed by atoms with E-state index in [2.05, 4.69) is 0 Å². The van der Waals surface area contributed by atoms with Crippen LogP contribution in [0.4, 0.5) is 0 Å². The molecule has 1 rings (SSSR count). The Bertz CT molecular complexity index is 157. The first kappa shape index (κ1) is 7.21. The first-order chi connectivity index (χ1) is 4.79. The molecule has 0 aliphatic carbocycles. The predicted octanol–water partition coefficient (Wildman–Crippen LogP) is -0.148. The Labute approximate surface area is 59.1 Å². The van der Waals surface area contributed by atoms with Crippen LogP contribution in [0, 0.1) is 10.1 Å². The van der Waals surface area contributed by atoms with Gasteiger partial charge in [-0.25, -0.2) is 0 Å². The lowest BCUT2D eigenvalue weighted by molar-refractivity contribution is -0.622. The van der Waals surface area contributed by atoms with E-state index < -0.39 is 0 Å². The summed E-state index contributed by atoms with van der Waals surface area (Å²) in [5.74, 6) is 0. The molecule has 0 atom stereocenters. The normalized spacial score (nSPS) is 23.0. The third-order valence-electron chi connectivity index (χ3n) is 1.60. The van der Waals surface area contributed by atoms with Gasteiger partial charge in [0.15, 0.2) is 5.70 Å². The third-order valence-corrected chi connectivity index (χ3v) is 1.60. The van der Waals surface area contributed by atoms with Gasteiger partial charge in [0.05, 0.1) is 11.5 Å². The van der Waals surface area contributed by atoms with Gasteiger partial charge < -0.3 is 5.32 Å². The molecule has 0 amide bonds. The third kappa shape index (κ3) is 2.14. The molecule has 0 radical (unpaired) electrons. The van der Waals surface area contributed by atoms with Gasteiger partial charge in [0, 0.05) is 6.42 Å². The second kappa shape index (κ2) is 3.31. The summed E-state index contributed by atoms with van der Waals surface area (Å²) in [6.45, 7) is 1.000. The van der Waals surface area contributed by atoms with Gasteiger partial charge in [0.1, 0.15) is 0 Å². The molecule has 1 aliphatic heterocycles. The quantitative estimate of drug-likeness (QED) is 0.410. The first-order valence-corrected chi connectivity index (χ1v) is 3.46. The maximum Gasteiger partial charge on any atom is 0.289 e. The zero-order valence-electron chi connectivity index (χ0n) is 5.75. The molecule has 1 aliphatic rings. The Kier molecular flexibility index (Phi) is 2.39. The lowest BCUT2D eigenvalue weighted by atomic mass is 10.1. The summed E-state index contributed by atoms with van der Waals surface area (Å²) in [6, 6.07) is 0. The topological polar surface area (TPSA) is 59.8 Å². The van der Waals surface area contributed by atoms with E-state index in [1.165, 1.54) is 6.42 Å². The van der Waals surface area contributed by atoms with E-state index in [1.54, 1.807) is 0 Å². The smallest absolute Gasteiger partial charge is 0.289 e. The van der Waals surface area contributed by atoms with Crippen molar-refractivity contribution in [1.82, 2.24) is 0 Å². The van der Waals surface area contributed by atoms with Crippen molar-refractivity contribution in [3.63, 3.8) is 0 Å². The number of quaternary nitrogens is 1. The Hall–Kier alpha value is -0.900. The number of piperidine rings is 1. The van der Waals surface area contributed by atoms with Crippen molar-refractivity contribution in [1.29, 1.82) is 0 Å². The van der Waals surface area contributed by atoms with E-state index >= 15 is 0 Å². The number of allylic oxidation sites excluding steroid dienone is 1. The highest BCUT2D eigenvalue weighted by atomic mass is 16.6. The van der Waals surface area contributed by atoms with E-state index in [0.717, 1.165) is 31.3 Å². The van der Waals surface area contributed by atoms with Crippen LogP contribution in [0.3, 0.4) is 0 Å². The van der Waals surface area contributed by atoms with Crippen molar-refractivity contribution in [3.8, 4) is 0 Å². The van der Waals surface area contributed by atoms with Gasteiger partial charge in [-0.15, -0.1) is 0 Å². The zero-order valence-corrected chi connectivity index (χ0v) is 5.75. The molecule has 2 N–H and O–H groups in total. The molecular weight excluding hydrogens is 132 g/mol.